The summed E-state index contributed by atoms with van der Waals surface area (Å²) in [6, 6.07) is 12.4. The molecule has 3 aromatic rings. The Morgan fingerprint density at radius 2 is 1.85 bits per heavy atom. The molecule has 0 radical (unpaired) electrons. The number of anilines is 2. The van der Waals surface area contributed by atoms with E-state index >= 15 is 0 Å². The lowest BCUT2D eigenvalue weighted by Gasteiger charge is -2.34. The number of nitrogens with one attached hydrogen (secondary N) is 2. The molecule has 2 aromatic carbocycles. The van der Waals surface area contributed by atoms with Crippen LogP contribution in [0.1, 0.15) is 36.9 Å². The van der Waals surface area contributed by atoms with Crippen LogP contribution in [0.15, 0.2) is 55.0 Å². The zero-order chi connectivity index (χ0) is 27.4. The average Bonchev–Trinajstić information content (AvgIpc) is 3.35. The highest BCUT2D eigenvalue weighted by Gasteiger charge is 2.27. The maximum atomic E-state index is 13.4. The van der Waals surface area contributed by atoms with Gasteiger partial charge in [-0.15, -0.1) is 0 Å². The monoisotopic (exact) mass is 534 g/mol. The number of piperidine rings is 2. The third kappa shape index (κ3) is 6.94. The number of likely N-dealkylation sites (tertiary alicyclic amines) is 1. The van der Waals surface area contributed by atoms with Crippen molar-refractivity contribution in [2.75, 3.05) is 36.4 Å². The lowest BCUT2D eigenvalue weighted by atomic mass is 9.96. The molecule has 5 rings (SSSR count). The second kappa shape index (κ2) is 11.9. The minimum atomic E-state index is -0.995. The molecule has 0 spiro atoms. The summed E-state index contributed by atoms with van der Waals surface area (Å²) in [5, 5.41) is 14.9. The maximum absolute atomic E-state index is 13.4. The quantitative estimate of drug-likeness (QED) is 0.415. The molecular weight excluding hydrogens is 499 g/mol. The van der Waals surface area contributed by atoms with Gasteiger partial charge in [-0.2, -0.15) is 0 Å². The molecule has 2 aliphatic heterocycles. The van der Waals surface area contributed by atoms with Gasteiger partial charge in [0.2, 0.25) is 5.91 Å². The summed E-state index contributed by atoms with van der Waals surface area (Å²) in [4.78, 5) is 33.3. The number of amides is 2. The van der Waals surface area contributed by atoms with Crippen molar-refractivity contribution >= 4 is 23.4 Å². The summed E-state index contributed by atoms with van der Waals surface area (Å²) in [5.41, 5.74) is 4.47. The number of rotatable bonds is 7. The molecule has 206 valence electrons. The van der Waals surface area contributed by atoms with Gasteiger partial charge in [-0.3, -0.25) is 9.69 Å². The first-order valence-electron chi connectivity index (χ1n) is 13.5. The number of imidazole rings is 1. The van der Waals surface area contributed by atoms with Crippen molar-refractivity contribution in [2.24, 2.45) is 5.92 Å². The fourth-order valence-electron chi connectivity index (χ4n) is 5.62. The van der Waals surface area contributed by atoms with Gasteiger partial charge in [0.25, 0.3) is 0 Å². The van der Waals surface area contributed by atoms with E-state index in [0.29, 0.717) is 19.6 Å². The van der Waals surface area contributed by atoms with Crippen molar-refractivity contribution in [3.05, 3.63) is 72.1 Å². The van der Waals surface area contributed by atoms with E-state index in [-0.39, 0.29) is 23.7 Å². The van der Waals surface area contributed by atoms with Gasteiger partial charge < -0.3 is 25.2 Å². The van der Waals surface area contributed by atoms with Crippen molar-refractivity contribution in [1.82, 2.24) is 19.8 Å². The van der Waals surface area contributed by atoms with Gasteiger partial charge in [-0.25, -0.2) is 14.2 Å². The van der Waals surface area contributed by atoms with Gasteiger partial charge >= 0.3 is 6.09 Å². The molecule has 3 N–H and O–H groups in total. The number of benzene rings is 2. The van der Waals surface area contributed by atoms with Crippen LogP contribution in [0.2, 0.25) is 0 Å². The number of hydrogen-bond acceptors (Lipinski definition) is 5. The Kier molecular flexibility index (Phi) is 8.11. The molecule has 1 unspecified atom stereocenters. The van der Waals surface area contributed by atoms with E-state index in [1.165, 1.54) is 12.1 Å². The number of hydrogen-bond donors (Lipinski definition) is 3. The number of carbonyl (C=O) groups is 2. The van der Waals surface area contributed by atoms with Crippen molar-refractivity contribution in [2.45, 2.75) is 45.2 Å². The smallest absolute Gasteiger partial charge is 0.404 e. The van der Waals surface area contributed by atoms with E-state index < -0.39 is 6.09 Å². The molecule has 0 saturated carbocycles. The van der Waals surface area contributed by atoms with E-state index in [9.17, 15) is 14.0 Å². The highest BCUT2D eigenvalue weighted by Crippen LogP contribution is 2.26. The van der Waals surface area contributed by atoms with Crippen LogP contribution in [0.3, 0.4) is 0 Å². The van der Waals surface area contributed by atoms with Crippen LogP contribution >= 0.6 is 0 Å². The van der Waals surface area contributed by atoms with E-state index in [4.69, 9.17) is 5.11 Å². The topological polar surface area (TPSA) is 103 Å². The van der Waals surface area contributed by atoms with Gasteiger partial charge in [-0.1, -0.05) is 0 Å². The SMILES string of the molecule is Cc1cn(-c2cc(CN3CCC[C@H](NC(=O)O)C3)cc(NC(=O)C3CCCN(c4ccc(F)cc4)C3)c2)cn1. The zero-order valence-electron chi connectivity index (χ0n) is 22.1. The molecular formula is C29H35FN6O3. The number of nitrogens with zero attached hydrogens (tertiary/aromatic N) is 4. The molecule has 2 saturated heterocycles. The van der Waals surface area contributed by atoms with E-state index in [0.717, 1.165) is 67.1 Å². The fraction of sp³-hybridized carbons (Fsp3) is 0.414. The molecule has 0 aliphatic carbocycles. The van der Waals surface area contributed by atoms with Gasteiger partial charge in [0.1, 0.15) is 5.82 Å². The predicted octanol–water partition coefficient (Wildman–Crippen LogP) is 4.41. The first-order valence-corrected chi connectivity index (χ1v) is 13.5. The molecule has 2 aliphatic rings. The van der Waals surface area contributed by atoms with Crippen LogP contribution in [-0.2, 0) is 11.3 Å². The Morgan fingerprint density at radius 1 is 1.05 bits per heavy atom. The first-order chi connectivity index (χ1) is 18.8. The molecule has 10 heteroatoms. The molecule has 2 amide bonds. The van der Waals surface area contributed by atoms with Crippen molar-refractivity contribution in [3.63, 3.8) is 0 Å². The normalized spacial score (nSPS) is 20.0. The molecule has 1 aromatic heterocycles. The highest BCUT2D eigenvalue weighted by atomic mass is 19.1. The van der Waals surface area contributed by atoms with Crippen LogP contribution < -0.4 is 15.5 Å². The number of aromatic nitrogens is 2. The number of halogens is 1. The van der Waals surface area contributed by atoms with E-state index in [2.05, 4.69) is 31.5 Å². The van der Waals surface area contributed by atoms with Crippen molar-refractivity contribution in [1.29, 1.82) is 0 Å². The Labute approximate surface area is 227 Å². The summed E-state index contributed by atoms with van der Waals surface area (Å²) >= 11 is 0. The summed E-state index contributed by atoms with van der Waals surface area (Å²) in [7, 11) is 0. The van der Waals surface area contributed by atoms with E-state index in [1.807, 2.05) is 29.8 Å². The minimum Gasteiger partial charge on any atom is -0.465 e. The fourth-order valence-corrected chi connectivity index (χ4v) is 5.62. The second-order valence-corrected chi connectivity index (χ2v) is 10.6. The lowest BCUT2D eigenvalue weighted by Crippen LogP contribution is -2.46. The Balaban J connectivity index is 1.32. The number of carbonyl (C=O) groups excluding carboxylic acids is 1. The first kappa shape index (κ1) is 26.7. The number of carboxylic acid groups (broad SMARTS) is 1. The van der Waals surface area contributed by atoms with E-state index in [1.54, 1.807) is 18.5 Å². The second-order valence-electron chi connectivity index (χ2n) is 10.6. The Hall–Kier alpha value is -3.92. The Bertz CT molecular complexity index is 1310. The van der Waals surface area contributed by atoms with Crippen LogP contribution in [0.25, 0.3) is 5.69 Å². The molecule has 3 heterocycles. The van der Waals surface area contributed by atoms with Crippen molar-refractivity contribution in [3.8, 4) is 5.69 Å². The third-order valence-electron chi connectivity index (χ3n) is 7.48. The lowest BCUT2D eigenvalue weighted by molar-refractivity contribution is -0.120. The molecule has 0 bridgehead atoms. The average molecular weight is 535 g/mol. The standard InChI is InChI=1S/C29H35FN6O3/c1-20-15-36(19-31-20)27-13-21(16-34-10-3-5-24(18-34)33-29(38)39)12-25(14-27)32-28(37)22-4-2-11-35(17-22)26-8-6-23(30)7-9-26/h6-9,12-15,19,22,24,33H,2-5,10-11,16-18H2,1H3,(H,32,37)(H,38,39)/t22?,24-/m0/s1. The van der Waals surface area contributed by atoms with Gasteiger partial charge in [0, 0.05) is 55.5 Å². The Morgan fingerprint density at radius 3 is 2.59 bits per heavy atom. The largest absolute Gasteiger partial charge is 0.465 e. The zero-order valence-corrected chi connectivity index (χ0v) is 22.1. The van der Waals surface area contributed by atoms with Crippen molar-refractivity contribution < 1.29 is 19.1 Å². The molecule has 39 heavy (non-hydrogen) atoms. The predicted molar refractivity (Wildman–Crippen MR) is 148 cm³/mol. The van der Waals surface area contributed by atoms with Crippen LogP contribution in [0.4, 0.5) is 20.6 Å². The summed E-state index contributed by atoms with van der Waals surface area (Å²) in [6.45, 7) is 5.52. The number of aryl methyl sites for hydroxylation is 1. The molecule has 2 fully saturated rings. The van der Waals surface area contributed by atoms with Crippen LogP contribution in [0, 0.1) is 18.7 Å². The van der Waals surface area contributed by atoms with Crippen LogP contribution in [0.5, 0.6) is 0 Å². The van der Waals surface area contributed by atoms with Gasteiger partial charge in [0.15, 0.2) is 0 Å². The summed E-state index contributed by atoms with van der Waals surface area (Å²) < 4.78 is 15.3. The summed E-state index contributed by atoms with van der Waals surface area (Å²) in [6.07, 6.45) is 6.13. The molecule has 2 atom stereocenters. The minimum absolute atomic E-state index is 0.0320. The highest BCUT2D eigenvalue weighted by molar-refractivity contribution is 5.93. The van der Waals surface area contributed by atoms with Gasteiger partial charge in [0.05, 0.1) is 17.9 Å². The maximum Gasteiger partial charge on any atom is 0.404 e. The third-order valence-corrected chi connectivity index (χ3v) is 7.48. The van der Waals surface area contributed by atoms with Crippen LogP contribution in [-0.4, -0.2) is 63.8 Å². The molecule has 9 nitrogen and oxygen atoms in total. The van der Waals surface area contributed by atoms with Gasteiger partial charge in [-0.05, 0) is 87.2 Å². The summed E-state index contributed by atoms with van der Waals surface area (Å²) in [5.74, 6) is -0.487.